The Morgan fingerprint density at radius 1 is 0.943 bits per heavy atom. The molecule has 0 unspecified atom stereocenters. The number of aromatic amines is 1. The molecule has 35 heavy (non-hydrogen) atoms. The minimum Gasteiger partial charge on any atom is -0.507 e. The van der Waals surface area contributed by atoms with E-state index in [1.807, 2.05) is 54.6 Å². The van der Waals surface area contributed by atoms with Crippen molar-refractivity contribution in [3.05, 3.63) is 71.2 Å². The molecule has 0 bridgehead atoms. The molecule has 0 aliphatic carbocycles. The van der Waals surface area contributed by atoms with Crippen LogP contribution in [0.4, 0.5) is 0 Å². The second kappa shape index (κ2) is 12.0. The Balaban J connectivity index is 1.36. The van der Waals surface area contributed by atoms with Crippen LogP contribution in [0.15, 0.2) is 60.7 Å². The number of aromatic nitrogens is 2. The highest BCUT2D eigenvalue weighted by Crippen LogP contribution is 2.32. The van der Waals surface area contributed by atoms with Crippen LogP contribution >= 0.6 is 11.6 Å². The van der Waals surface area contributed by atoms with Gasteiger partial charge in [0.15, 0.2) is 0 Å². The van der Waals surface area contributed by atoms with Crippen molar-refractivity contribution in [2.75, 3.05) is 32.8 Å². The number of phenols is 1. The number of phenolic OH excluding ortho intramolecular Hbond substituents is 1. The van der Waals surface area contributed by atoms with Crippen LogP contribution in [0.25, 0.3) is 22.4 Å². The van der Waals surface area contributed by atoms with Crippen LogP contribution < -0.4 is 9.47 Å². The second-order valence-corrected chi connectivity index (χ2v) is 8.84. The quantitative estimate of drug-likeness (QED) is 0.226. The molecule has 0 spiro atoms. The zero-order chi connectivity index (χ0) is 24.6. The summed E-state index contributed by atoms with van der Waals surface area (Å²) in [6.45, 7) is 8.65. The Labute approximate surface area is 211 Å². The topological polar surface area (TPSA) is 70.6 Å². The zero-order valence-corrected chi connectivity index (χ0v) is 21.0. The number of nitrogens with one attached hydrogen (secondary N) is 1. The molecule has 0 radical (unpaired) electrons. The van der Waals surface area contributed by atoms with E-state index in [0.29, 0.717) is 35.4 Å². The minimum absolute atomic E-state index is 0.109. The second-order valence-electron chi connectivity index (χ2n) is 8.40. The SMILES string of the molecule is CCN(CC)CCCOc1ccc2nc(-c3ccc(OCCc4cccc(Cl)c4)cc3O)[nH]c2c1. The Morgan fingerprint density at radius 3 is 2.49 bits per heavy atom. The van der Waals surface area contributed by atoms with E-state index in [-0.39, 0.29) is 5.75 Å². The van der Waals surface area contributed by atoms with Gasteiger partial charge in [-0.15, -0.1) is 0 Å². The van der Waals surface area contributed by atoms with Gasteiger partial charge >= 0.3 is 0 Å². The molecule has 3 aromatic carbocycles. The molecule has 0 atom stereocenters. The van der Waals surface area contributed by atoms with E-state index in [9.17, 15) is 5.11 Å². The predicted molar refractivity (Wildman–Crippen MR) is 142 cm³/mol. The molecule has 0 aliphatic heterocycles. The van der Waals surface area contributed by atoms with Crippen LogP contribution in [0.3, 0.4) is 0 Å². The highest BCUT2D eigenvalue weighted by molar-refractivity contribution is 6.30. The van der Waals surface area contributed by atoms with Gasteiger partial charge in [-0.3, -0.25) is 0 Å². The lowest BCUT2D eigenvalue weighted by Gasteiger charge is -2.17. The lowest BCUT2D eigenvalue weighted by molar-refractivity contribution is 0.249. The molecule has 0 fully saturated rings. The number of nitrogens with zero attached hydrogens (tertiary/aromatic N) is 2. The van der Waals surface area contributed by atoms with Gasteiger partial charge in [-0.25, -0.2) is 4.98 Å². The van der Waals surface area contributed by atoms with Crippen LogP contribution in [-0.2, 0) is 6.42 Å². The monoisotopic (exact) mass is 493 g/mol. The van der Waals surface area contributed by atoms with Crippen molar-refractivity contribution in [3.8, 4) is 28.6 Å². The van der Waals surface area contributed by atoms with Crippen LogP contribution in [0.2, 0.25) is 5.02 Å². The molecular formula is C28H32ClN3O3. The molecule has 0 saturated carbocycles. The van der Waals surface area contributed by atoms with Crippen LogP contribution in [-0.4, -0.2) is 52.8 Å². The first-order chi connectivity index (χ1) is 17.1. The third-order valence-corrected chi connectivity index (χ3v) is 6.24. The molecular weight excluding hydrogens is 462 g/mol. The van der Waals surface area contributed by atoms with Gasteiger partial charge in [-0.1, -0.05) is 37.6 Å². The third-order valence-electron chi connectivity index (χ3n) is 6.01. The lowest BCUT2D eigenvalue weighted by Crippen LogP contribution is -2.25. The minimum atomic E-state index is 0.109. The first kappa shape index (κ1) is 24.9. The van der Waals surface area contributed by atoms with E-state index in [2.05, 4.69) is 28.7 Å². The maximum Gasteiger partial charge on any atom is 0.142 e. The summed E-state index contributed by atoms with van der Waals surface area (Å²) < 4.78 is 11.8. The largest absolute Gasteiger partial charge is 0.507 e. The van der Waals surface area contributed by atoms with Gasteiger partial charge in [0.2, 0.25) is 0 Å². The van der Waals surface area contributed by atoms with E-state index in [1.54, 1.807) is 6.07 Å². The summed E-state index contributed by atoms with van der Waals surface area (Å²) in [7, 11) is 0. The molecule has 2 N–H and O–H groups in total. The molecule has 0 aliphatic rings. The van der Waals surface area contributed by atoms with Gasteiger partial charge in [-0.05, 0) is 61.5 Å². The zero-order valence-electron chi connectivity index (χ0n) is 20.3. The summed E-state index contributed by atoms with van der Waals surface area (Å²) in [4.78, 5) is 10.3. The fourth-order valence-corrected chi connectivity index (χ4v) is 4.22. The number of halogens is 1. The van der Waals surface area contributed by atoms with E-state index < -0.39 is 0 Å². The average Bonchev–Trinajstić information content (AvgIpc) is 3.27. The number of ether oxygens (including phenoxy) is 2. The molecule has 184 valence electrons. The molecule has 1 heterocycles. The number of hydrogen-bond donors (Lipinski definition) is 2. The Hall–Kier alpha value is -3.22. The number of benzene rings is 3. The van der Waals surface area contributed by atoms with E-state index in [1.165, 1.54) is 0 Å². The third kappa shape index (κ3) is 6.68. The summed E-state index contributed by atoms with van der Waals surface area (Å²) >= 11 is 6.03. The van der Waals surface area contributed by atoms with Crippen molar-refractivity contribution in [2.24, 2.45) is 0 Å². The Morgan fingerprint density at radius 2 is 1.71 bits per heavy atom. The number of rotatable bonds is 12. The molecule has 6 nitrogen and oxygen atoms in total. The van der Waals surface area contributed by atoms with Crippen LogP contribution in [0.5, 0.6) is 17.2 Å². The van der Waals surface area contributed by atoms with Crippen molar-refractivity contribution < 1.29 is 14.6 Å². The number of imidazole rings is 1. The van der Waals surface area contributed by atoms with Gasteiger partial charge in [0.05, 0.1) is 29.8 Å². The summed E-state index contributed by atoms with van der Waals surface area (Å²) in [5.41, 5.74) is 3.40. The van der Waals surface area contributed by atoms with E-state index >= 15 is 0 Å². The van der Waals surface area contributed by atoms with Crippen molar-refractivity contribution in [1.29, 1.82) is 0 Å². The van der Waals surface area contributed by atoms with Crippen molar-refractivity contribution in [1.82, 2.24) is 14.9 Å². The summed E-state index contributed by atoms with van der Waals surface area (Å²) in [5.74, 6) is 2.11. The standard InChI is InChI=1S/C28H32ClN3O3/c1-3-32(4-2)14-6-15-34-22-10-12-25-26(18-22)31-28(30-25)24-11-9-23(19-27(24)33)35-16-13-20-7-5-8-21(29)17-20/h5,7-12,17-19,33H,3-4,6,13-16H2,1-2H3,(H,30,31). The Kier molecular flexibility index (Phi) is 8.50. The fraction of sp³-hybridized carbons (Fsp3) is 0.321. The van der Waals surface area contributed by atoms with Crippen molar-refractivity contribution in [2.45, 2.75) is 26.7 Å². The van der Waals surface area contributed by atoms with Crippen LogP contribution in [0, 0.1) is 0 Å². The summed E-state index contributed by atoms with van der Waals surface area (Å²) in [5, 5.41) is 11.3. The lowest BCUT2D eigenvalue weighted by atomic mass is 10.1. The average molecular weight is 494 g/mol. The maximum atomic E-state index is 10.6. The summed E-state index contributed by atoms with van der Waals surface area (Å²) in [6.07, 6.45) is 1.71. The van der Waals surface area contributed by atoms with Crippen molar-refractivity contribution in [3.63, 3.8) is 0 Å². The first-order valence-corrected chi connectivity index (χ1v) is 12.5. The number of aromatic hydroxyl groups is 1. The van der Waals surface area contributed by atoms with Crippen molar-refractivity contribution >= 4 is 22.6 Å². The maximum absolute atomic E-state index is 10.6. The molecule has 7 heteroatoms. The predicted octanol–water partition coefficient (Wildman–Crippen LogP) is 6.32. The smallest absolute Gasteiger partial charge is 0.142 e. The highest BCUT2D eigenvalue weighted by atomic mass is 35.5. The molecule has 0 saturated heterocycles. The molecule has 1 aromatic heterocycles. The van der Waals surface area contributed by atoms with Crippen LogP contribution in [0.1, 0.15) is 25.8 Å². The van der Waals surface area contributed by atoms with Gasteiger partial charge < -0.3 is 24.5 Å². The Bertz CT molecular complexity index is 1250. The number of hydrogen-bond acceptors (Lipinski definition) is 5. The number of H-pyrrole nitrogens is 1. The molecule has 0 amide bonds. The van der Waals surface area contributed by atoms with Gasteiger partial charge in [0, 0.05) is 30.1 Å². The van der Waals surface area contributed by atoms with E-state index in [0.717, 1.165) is 54.8 Å². The molecule has 4 aromatic rings. The van der Waals surface area contributed by atoms with E-state index in [4.69, 9.17) is 21.1 Å². The number of fused-ring (bicyclic) bond motifs is 1. The normalized spacial score (nSPS) is 11.3. The van der Waals surface area contributed by atoms with Gasteiger partial charge in [0.25, 0.3) is 0 Å². The summed E-state index contributed by atoms with van der Waals surface area (Å²) in [6, 6.07) is 18.8. The van der Waals surface area contributed by atoms with Gasteiger partial charge in [0.1, 0.15) is 23.1 Å². The fourth-order valence-electron chi connectivity index (χ4n) is 4.00. The first-order valence-electron chi connectivity index (χ1n) is 12.1. The van der Waals surface area contributed by atoms with Gasteiger partial charge in [-0.2, -0.15) is 0 Å². The molecule has 4 rings (SSSR count). The highest BCUT2D eigenvalue weighted by Gasteiger charge is 2.12.